The summed E-state index contributed by atoms with van der Waals surface area (Å²) in [5, 5.41) is 9.89. The van der Waals surface area contributed by atoms with Crippen LogP contribution >= 0.6 is 11.8 Å². The minimum atomic E-state index is 0.641. The summed E-state index contributed by atoms with van der Waals surface area (Å²) in [6.07, 6.45) is 0. The fraction of sp³-hybridized carbons (Fsp3) is 0.200. The van der Waals surface area contributed by atoms with Crippen LogP contribution in [0.5, 0.6) is 11.5 Å². The summed E-state index contributed by atoms with van der Waals surface area (Å²) in [6, 6.07) is 24.5. The van der Waals surface area contributed by atoms with Gasteiger partial charge in [0.05, 0.1) is 13.7 Å². The molecule has 1 heterocycles. The Morgan fingerprint density at radius 2 is 1.68 bits per heavy atom. The second kappa shape index (κ2) is 9.71. The number of aromatic nitrogens is 3. The molecule has 3 aromatic carbocycles. The molecule has 0 atom stereocenters. The van der Waals surface area contributed by atoms with E-state index < -0.39 is 0 Å². The van der Waals surface area contributed by atoms with Gasteiger partial charge in [0.25, 0.3) is 0 Å². The molecule has 0 aliphatic rings. The third-order valence-corrected chi connectivity index (χ3v) is 5.85. The van der Waals surface area contributed by atoms with Crippen molar-refractivity contribution < 1.29 is 9.47 Å². The molecule has 0 spiro atoms. The van der Waals surface area contributed by atoms with Crippen LogP contribution in [0.1, 0.15) is 18.1 Å². The number of hydrogen-bond donors (Lipinski definition) is 0. The van der Waals surface area contributed by atoms with E-state index in [-0.39, 0.29) is 0 Å². The largest absolute Gasteiger partial charge is 0.497 e. The maximum Gasteiger partial charge on any atom is 0.196 e. The lowest BCUT2D eigenvalue weighted by molar-refractivity contribution is 0.340. The third kappa shape index (κ3) is 4.91. The van der Waals surface area contributed by atoms with Crippen LogP contribution in [0, 0.1) is 6.92 Å². The summed E-state index contributed by atoms with van der Waals surface area (Å²) in [4.78, 5) is 0. The number of rotatable bonds is 8. The molecule has 0 fully saturated rings. The van der Waals surface area contributed by atoms with Crippen LogP contribution in [0.25, 0.3) is 17.1 Å². The average molecular weight is 432 g/mol. The van der Waals surface area contributed by atoms with Crippen molar-refractivity contribution in [2.24, 2.45) is 0 Å². The Morgan fingerprint density at radius 1 is 0.903 bits per heavy atom. The molecule has 4 rings (SSSR count). The van der Waals surface area contributed by atoms with Gasteiger partial charge in [0, 0.05) is 17.0 Å². The van der Waals surface area contributed by atoms with Gasteiger partial charge in [0.2, 0.25) is 0 Å². The molecule has 1 aromatic heterocycles. The SMILES string of the molecule is CCOc1ccc(-n2c(SCc3cccc(OC)c3)nnc2-c2ccc(C)cc2)cc1. The van der Waals surface area contributed by atoms with Crippen molar-refractivity contribution in [2.45, 2.75) is 24.8 Å². The second-order valence-corrected chi connectivity index (χ2v) is 8.02. The van der Waals surface area contributed by atoms with Crippen molar-refractivity contribution in [1.29, 1.82) is 0 Å². The molecule has 0 aliphatic carbocycles. The fourth-order valence-corrected chi connectivity index (χ4v) is 4.15. The summed E-state index contributed by atoms with van der Waals surface area (Å²) in [5.41, 5.74) is 4.41. The zero-order chi connectivity index (χ0) is 21.6. The molecular weight excluding hydrogens is 406 g/mol. The average Bonchev–Trinajstić information content (AvgIpc) is 3.23. The van der Waals surface area contributed by atoms with Crippen molar-refractivity contribution in [1.82, 2.24) is 14.8 Å². The Labute approximate surface area is 187 Å². The van der Waals surface area contributed by atoms with Crippen molar-refractivity contribution in [3.63, 3.8) is 0 Å². The predicted molar refractivity (Wildman–Crippen MR) is 125 cm³/mol. The highest BCUT2D eigenvalue weighted by Gasteiger charge is 2.16. The fourth-order valence-electron chi connectivity index (χ4n) is 3.25. The highest BCUT2D eigenvalue weighted by molar-refractivity contribution is 7.98. The minimum absolute atomic E-state index is 0.641. The highest BCUT2D eigenvalue weighted by atomic mass is 32.2. The molecule has 0 bridgehead atoms. The van der Waals surface area contributed by atoms with Crippen molar-refractivity contribution >= 4 is 11.8 Å². The van der Waals surface area contributed by atoms with E-state index in [1.165, 1.54) is 11.1 Å². The van der Waals surface area contributed by atoms with E-state index >= 15 is 0 Å². The lowest BCUT2D eigenvalue weighted by Crippen LogP contribution is -2.00. The minimum Gasteiger partial charge on any atom is -0.497 e. The van der Waals surface area contributed by atoms with Gasteiger partial charge < -0.3 is 9.47 Å². The monoisotopic (exact) mass is 431 g/mol. The van der Waals surface area contributed by atoms with Crippen LogP contribution in [-0.4, -0.2) is 28.5 Å². The molecule has 0 aliphatic heterocycles. The van der Waals surface area contributed by atoms with Crippen molar-refractivity contribution in [3.8, 4) is 28.6 Å². The third-order valence-electron chi connectivity index (χ3n) is 4.85. The highest BCUT2D eigenvalue weighted by Crippen LogP contribution is 2.31. The van der Waals surface area contributed by atoms with Gasteiger partial charge in [-0.3, -0.25) is 4.57 Å². The van der Waals surface area contributed by atoms with E-state index in [0.29, 0.717) is 6.61 Å². The van der Waals surface area contributed by atoms with E-state index in [9.17, 15) is 0 Å². The van der Waals surface area contributed by atoms with Crippen LogP contribution in [0.3, 0.4) is 0 Å². The van der Waals surface area contributed by atoms with Gasteiger partial charge in [-0.25, -0.2) is 0 Å². The normalized spacial score (nSPS) is 10.8. The maximum absolute atomic E-state index is 5.61. The van der Waals surface area contributed by atoms with E-state index in [4.69, 9.17) is 9.47 Å². The number of thioether (sulfide) groups is 1. The first-order chi connectivity index (χ1) is 15.2. The lowest BCUT2D eigenvalue weighted by Gasteiger charge is -2.12. The number of benzene rings is 3. The number of aryl methyl sites for hydroxylation is 1. The Kier molecular flexibility index (Phi) is 6.57. The van der Waals surface area contributed by atoms with Gasteiger partial charge in [-0.05, 0) is 55.8 Å². The van der Waals surface area contributed by atoms with E-state index in [0.717, 1.165) is 39.5 Å². The molecule has 0 amide bonds. The molecule has 0 N–H and O–H groups in total. The van der Waals surface area contributed by atoms with Gasteiger partial charge in [0.15, 0.2) is 11.0 Å². The van der Waals surface area contributed by atoms with E-state index in [1.54, 1.807) is 18.9 Å². The first kappa shape index (κ1) is 21.0. The molecule has 6 heteroatoms. The summed E-state index contributed by atoms with van der Waals surface area (Å²) in [6.45, 7) is 4.70. The van der Waals surface area contributed by atoms with E-state index in [1.807, 2.05) is 49.4 Å². The Bertz CT molecular complexity index is 1140. The summed E-state index contributed by atoms with van der Waals surface area (Å²) < 4.78 is 13.1. The van der Waals surface area contributed by atoms with Gasteiger partial charge in [0.1, 0.15) is 11.5 Å². The number of ether oxygens (including phenoxy) is 2. The molecule has 0 unspecified atom stereocenters. The Balaban J connectivity index is 1.69. The topological polar surface area (TPSA) is 49.2 Å². The zero-order valence-electron chi connectivity index (χ0n) is 17.9. The van der Waals surface area contributed by atoms with Crippen molar-refractivity contribution in [2.75, 3.05) is 13.7 Å². The first-order valence-electron chi connectivity index (χ1n) is 10.2. The van der Waals surface area contributed by atoms with Gasteiger partial charge in [-0.2, -0.15) is 0 Å². The molecule has 0 saturated carbocycles. The molecule has 31 heavy (non-hydrogen) atoms. The smallest absolute Gasteiger partial charge is 0.196 e. The zero-order valence-corrected chi connectivity index (χ0v) is 18.7. The molecule has 0 saturated heterocycles. The van der Waals surface area contributed by atoms with Gasteiger partial charge >= 0.3 is 0 Å². The molecule has 4 aromatic rings. The van der Waals surface area contributed by atoms with E-state index in [2.05, 4.69) is 52.0 Å². The second-order valence-electron chi connectivity index (χ2n) is 7.07. The van der Waals surface area contributed by atoms with Crippen LogP contribution in [0.4, 0.5) is 0 Å². The lowest BCUT2D eigenvalue weighted by atomic mass is 10.1. The maximum atomic E-state index is 5.61. The molecular formula is C25H25N3O2S. The Hall–Kier alpha value is -3.25. The van der Waals surface area contributed by atoms with Crippen LogP contribution < -0.4 is 9.47 Å². The molecule has 158 valence electrons. The van der Waals surface area contributed by atoms with Crippen LogP contribution in [0.15, 0.2) is 78.0 Å². The number of nitrogens with zero attached hydrogens (tertiary/aromatic N) is 3. The van der Waals surface area contributed by atoms with Crippen molar-refractivity contribution in [3.05, 3.63) is 83.9 Å². The summed E-state index contributed by atoms with van der Waals surface area (Å²) >= 11 is 1.65. The number of hydrogen-bond acceptors (Lipinski definition) is 5. The molecule has 5 nitrogen and oxygen atoms in total. The van der Waals surface area contributed by atoms with Crippen LogP contribution in [0.2, 0.25) is 0 Å². The van der Waals surface area contributed by atoms with Gasteiger partial charge in [-0.1, -0.05) is 53.7 Å². The quantitative estimate of drug-likeness (QED) is 0.323. The standard InChI is InChI=1S/C25H25N3O2S/c1-4-30-22-14-12-21(13-15-22)28-24(20-10-8-18(2)9-11-20)26-27-25(28)31-17-19-6-5-7-23(16-19)29-3/h5-16H,4,17H2,1-3H3. The predicted octanol–water partition coefficient (Wildman–Crippen LogP) is 5.94. The summed E-state index contributed by atoms with van der Waals surface area (Å²) in [7, 11) is 1.68. The summed E-state index contributed by atoms with van der Waals surface area (Å²) in [5.74, 6) is 3.28. The first-order valence-corrected chi connectivity index (χ1v) is 11.2. The van der Waals surface area contributed by atoms with Crippen LogP contribution in [-0.2, 0) is 5.75 Å². The Morgan fingerprint density at radius 3 is 2.39 bits per heavy atom. The number of methoxy groups -OCH3 is 1. The van der Waals surface area contributed by atoms with Gasteiger partial charge in [-0.15, -0.1) is 10.2 Å². The molecule has 0 radical (unpaired) electrons.